The largest absolute Gasteiger partial charge is 0.494 e. The zero-order valence-electron chi connectivity index (χ0n) is 16.8. The summed E-state index contributed by atoms with van der Waals surface area (Å²) in [5.41, 5.74) is 5.88. The fraction of sp³-hybridized carbons (Fsp3) is 0.160. The molecule has 1 heterocycles. The van der Waals surface area contributed by atoms with Gasteiger partial charge in [-0.3, -0.25) is 9.89 Å². The molecule has 4 nitrogen and oxygen atoms in total. The number of nitrogens with zero attached hydrogens (tertiary/aromatic N) is 2. The van der Waals surface area contributed by atoms with Gasteiger partial charge in [0.2, 0.25) is 0 Å². The number of benzene rings is 3. The number of hydrogen-bond donors (Lipinski definition) is 2. The summed E-state index contributed by atoms with van der Waals surface area (Å²) in [7, 11) is 2.13. The van der Waals surface area contributed by atoms with Gasteiger partial charge in [-0.1, -0.05) is 60.7 Å². The van der Waals surface area contributed by atoms with Gasteiger partial charge in [0.1, 0.15) is 0 Å². The first-order chi connectivity index (χ1) is 14.1. The average molecular weight is 383 g/mol. The van der Waals surface area contributed by atoms with E-state index in [1.807, 2.05) is 49.4 Å². The number of rotatable bonds is 6. The molecule has 0 spiro atoms. The van der Waals surface area contributed by atoms with Crippen LogP contribution in [-0.2, 0) is 13.1 Å². The molecular weight excluding hydrogens is 358 g/mol. The molecule has 0 fully saturated rings. The van der Waals surface area contributed by atoms with E-state index in [1.54, 1.807) is 0 Å². The molecular formula is C25H25N3O. The zero-order chi connectivity index (χ0) is 20.2. The maximum Gasteiger partial charge on any atom is 0.198 e. The van der Waals surface area contributed by atoms with E-state index in [4.69, 9.17) is 4.99 Å². The number of aromatic hydroxyl groups is 1. The van der Waals surface area contributed by atoms with E-state index in [-0.39, 0.29) is 5.88 Å². The van der Waals surface area contributed by atoms with Gasteiger partial charge >= 0.3 is 0 Å². The number of H-pyrrole nitrogens is 1. The molecule has 1 aromatic heterocycles. The van der Waals surface area contributed by atoms with Crippen LogP contribution in [0, 0.1) is 0 Å². The average Bonchev–Trinajstić information content (AvgIpc) is 3.06. The van der Waals surface area contributed by atoms with Gasteiger partial charge in [0.25, 0.3) is 0 Å². The second-order valence-electron chi connectivity index (χ2n) is 7.42. The normalized spacial score (nSPS) is 12.0. The van der Waals surface area contributed by atoms with Crippen LogP contribution in [0.15, 0.2) is 83.9 Å². The van der Waals surface area contributed by atoms with Crippen molar-refractivity contribution in [3.8, 4) is 5.88 Å². The molecule has 0 saturated heterocycles. The highest BCUT2D eigenvalue weighted by molar-refractivity contribution is 6.12. The van der Waals surface area contributed by atoms with E-state index in [0.29, 0.717) is 0 Å². The van der Waals surface area contributed by atoms with E-state index in [0.717, 1.165) is 41.0 Å². The van der Waals surface area contributed by atoms with Gasteiger partial charge in [0, 0.05) is 24.0 Å². The minimum atomic E-state index is 0.159. The first-order valence-electron chi connectivity index (χ1n) is 9.77. The van der Waals surface area contributed by atoms with Crippen LogP contribution in [0.2, 0.25) is 0 Å². The Morgan fingerprint density at radius 1 is 0.862 bits per heavy atom. The Morgan fingerprint density at radius 3 is 2.21 bits per heavy atom. The number of hydrogen-bond acceptors (Lipinski definition) is 3. The lowest BCUT2D eigenvalue weighted by Crippen LogP contribution is -2.17. The smallest absolute Gasteiger partial charge is 0.198 e. The van der Waals surface area contributed by atoms with Crippen molar-refractivity contribution in [2.24, 2.45) is 4.99 Å². The maximum absolute atomic E-state index is 10.3. The quantitative estimate of drug-likeness (QED) is 0.423. The highest BCUT2D eigenvalue weighted by atomic mass is 16.3. The van der Waals surface area contributed by atoms with Crippen molar-refractivity contribution < 1.29 is 5.11 Å². The SMILES string of the molecule is CC(=Nc1ccc(CN(C)Cc2ccccc2)cc1)c1c(O)[nH]c2ccccc12. The van der Waals surface area contributed by atoms with E-state index >= 15 is 0 Å². The molecule has 29 heavy (non-hydrogen) atoms. The molecule has 0 bridgehead atoms. The third-order valence-electron chi connectivity index (χ3n) is 5.03. The lowest BCUT2D eigenvalue weighted by molar-refractivity contribution is 0.319. The molecule has 0 aliphatic heterocycles. The summed E-state index contributed by atoms with van der Waals surface area (Å²) in [5, 5.41) is 11.3. The first kappa shape index (κ1) is 19.0. The van der Waals surface area contributed by atoms with E-state index < -0.39 is 0 Å². The molecule has 0 atom stereocenters. The minimum Gasteiger partial charge on any atom is -0.494 e. The molecule has 0 radical (unpaired) electrons. The molecule has 0 aliphatic carbocycles. The summed E-state index contributed by atoms with van der Waals surface area (Å²) >= 11 is 0. The summed E-state index contributed by atoms with van der Waals surface area (Å²) < 4.78 is 0. The Labute approximate surface area is 171 Å². The Hall–Kier alpha value is -3.37. The fourth-order valence-corrected chi connectivity index (χ4v) is 3.68. The van der Waals surface area contributed by atoms with E-state index in [9.17, 15) is 5.11 Å². The number of fused-ring (bicyclic) bond motifs is 1. The Bertz CT molecular complexity index is 1130. The van der Waals surface area contributed by atoms with Gasteiger partial charge in [-0.2, -0.15) is 0 Å². The van der Waals surface area contributed by atoms with E-state index in [1.165, 1.54) is 11.1 Å². The minimum absolute atomic E-state index is 0.159. The molecule has 0 unspecified atom stereocenters. The fourth-order valence-electron chi connectivity index (χ4n) is 3.68. The molecule has 4 heteroatoms. The van der Waals surface area contributed by atoms with E-state index in [2.05, 4.69) is 53.3 Å². The van der Waals surface area contributed by atoms with Crippen LogP contribution in [0.4, 0.5) is 5.69 Å². The van der Waals surface area contributed by atoms with Crippen LogP contribution in [0.1, 0.15) is 23.6 Å². The highest BCUT2D eigenvalue weighted by Crippen LogP contribution is 2.29. The number of aromatic nitrogens is 1. The van der Waals surface area contributed by atoms with Gasteiger partial charge < -0.3 is 10.1 Å². The topological polar surface area (TPSA) is 51.6 Å². The van der Waals surface area contributed by atoms with Crippen LogP contribution in [0.3, 0.4) is 0 Å². The van der Waals surface area contributed by atoms with Crippen molar-refractivity contribution in [3.63, 3.8) is 0 Å². The van der Waals surface area contributed by atoms with Crippen molar-refractivity contribution in [2.45, 2.75) is 20.0 Å². The van der Waals surface area contributed by atoms with Crippen molar-refractivity contribution in [2.75, 3.05) is 7.05 Å². The molecule has 4 aromatic rings. The monoisotopic (exact) mass is 383 g/mol. The molecule has 4 rings (SSSR count). The number of nitrogens with one attached hydrogen (secondary N) is 1. The van der Waals surface area contributed by atoms with Gasteiger partial charge in [-0.05, 0) is 43.3 Å². The van der Waals surface area contributed by atoms with Crippen molar-refractivity contribution in [1.82, 2.24) is 9.88 Å². The molecule has 2 N–H and O–H groups in total. The van der Waals surface area contributed by atoms with Crippen molar-refractivity contribution in [1.29, 1.82) is 0 Å². The lowest BCUT2D eigenvalue weighted by atomic mass is 10.1. The number of para-hydroxylation sites is 1. The lowest BCUT2D eigenvalue weighted by Gasteiger charge is -2.16. The Kier molecular flexibility index (Phi) is 5.45. The van der Waals surface area contributed by atoms with Gasteiger partial charge in [-0.25, -0.2) is 0 Å². The molecule has 0 amide bonds. The van der Waals surface area contributed by atoms with Crippen molar-refractivity contribution >= 4 is 22.3 Å². The van der Waals surface area contributed by atoms with Crippen LogP contribution in [0.25, 0.3) is 10.9 Å². The Morgan fingerprint density at radius 2 is 1.48 bits per heavy atom. The van der Waals surface area contributed by atoms with Crippen LogP contribution in [-0.4, -0.2) is 27.7 Å². The molecule has 0 aliphatic rings. The maximum atomic E-state index is 10.3. The summed E-state index contributed by atoms with van der Waals surface area (Å²) in [5.74, 6) is 0.159. The number of aromatic amines is 1. The van der Waals surface area contributed by atoms with Crippen LogP contribution >= 0.6 is 0 Å². The Balaban J connectivity index is 1.48. The van der Waals surface area contributed by atoms with Gasteiger partial charge in [0.05, 0.1) is 17.0 Å². The second-order valence-corrected chi connectivity index (χ2v) is 7.42. The predicted molar refractivity (Wildman–Crippen MR) is 120 cm³/mol. The summed E-state index contributed by atoms with van der Waals surface area (Å²) in [6.45, 7) is 3.72. The number of aliphatic imine (C=N–C) groups is 1. The van der Waals surface area contributed by atoms with Crippen LogP contribution < -0.4 is 0 Å². The second kappa shape index (κ2) is 8.33. The predicted octanol–water partition coefficient (Wildman–Crippen LogP) is 5.65. The standard InChI is InChI=1S/C25H25N3O/c1-18(24-22-10-6-7-11-23(22)27-25(24)29)26-21-14-12-20(13-15-21)17-28(2)16-19-8-4-3-5-9-19/h3-15,27,29H,16-17H2,1-2H3. The molecule has 146 valence electrons. The summed E-state index contributed by atoms with van der Waals surface area (Å²) in [6.07, 6.45) is 0. The van der Waals surface area contributed by atoms with Gasteiger partial charge in [0.15, 0.2) is 5.88 Å². The summed E-state index contributed by atoms with van der Waals surface area (Å²) in [6, 6.07) is 26.6. The first-order valence-corrected chi connectivity index (χ1v) is 9.77. The highest BCUT2D eigenvalue weighted by Gasteiger charge is 2.13. The third kappa shape index (κ3) is 4.39. The van der Waals surface area contributed by atoms with Crippen LogP contribution in [0.5, 0.6) is 5.88 Å². The van der Waals surface area contributed by atoms with Gasteiger partial charge in [-0.15, -0.1) is 0 Å². The summed E-state index contributed by atoms with van der Waals surface area (Å²) in [4.78, 5) is 10.0. The molecule has 3 aromatic carbocycles. The third-order valence-corrected chi connectivity index (χ3v) is 5.03. The zero-order valence-corrected chi connectivity index (χ0v) is 16.8. The van der Waals surface area contributed by atoms with Crippen molar-refractivity contribution in [3.05, 3.63) is 95.6 Å². The molecule has 0 saturated carbocycles.